The Morgan fingerprint density at radius 1 is 1.24 bits per heavy atom. The third-order valence-electron chi connectivity index (χ3n) is 4.02. The Morgan fingerprint density at radius 2 is 2.05 bits per heavy atom. The van der Waals surface area contributed by atoms with Crippen molar-refractivity contribution in [3.63, 3.8) is 0 Å². The smallest absolute Gasteiger partial charge is 0.267 e. The van der Waals surface area contributed by atoms with Crippen molar-refractivity contribution in [2.75, 3.05) is 0 Å². The minimum Gasteiger partial charge on any atom is -0.391 e. The fourth-order valence-corrected chi connectivity index (χ4v) is 2.84. The van der Waals surface area contributed by atoms with Gasteiger partial charge in [-0.25, -0.2) is 4.68 Å². The number of rotatable bonds is 5. The largest absolute Gasteiger partial charge is 0.391 e. The van der Waals surface area contributed by atoms with Crippen LogP contribution >= 0.6 is 0 Å². The van der Waals surface area contributed by atoms with Gasteiger partial charge >= 0.3 is 0 Å². The van der Waals surface area contributed by atoms with Crippen molar-refractivity contribution in [1.82, 2.24) is 9.78 Å². The average Bonchev–Trinajstić information content (AvgIpc) is 2.94. The van der Waals surface area contributed by atoms with Gasteiger partial charge in [0.05, 0.1) is 18.3 Å². The van der Waals surface area contributed by atoms with E-state index in [2.05, 4.69) is 5.10 Å². The van der Waals surface area contributed by atoms with Gasteiger partial charge in [0.2, 0.25) is 0 Å². The third kappa shape index (κ3) is 3.39. The number of aliphatic hydroxyl groups excluding tert-OH is 1. The van der Waals surface area contributed by atoms with E-state index in [-0.39, 0.29) is 12.1 Å². The minimum atomic E-state index is -0.546. The number of fused-ring (bicyclic) bond motifs is 1. The Morgan fingerprint density at radius 3 is 2.86 bits per heavy atom. The van der Waals surface area contributed by atoms with Crippen LogP contribution in [0, 0.1) is 0 Å². The van der Waals surface area contributed by atoms with E-state index in [9.17, 15) is 9.90 Å². The van der Waals surface area contributed by atoms with Crippen molar-refractivity contribution < 1.29 is 5.11 Å². The molecule has 1 aromatic carbocycles. The van der Waals surface area contributed by atoms with Gasteiger partial charge in [-0.15, -0.1) is 0 Å². The summed E-state index contributed by atoms with van der Waals surface area (Å²) in [5, 5.41) is 14.5. The number of aromatic nitrogens is 2. The molecule has 0 fully saturated rings. The summed E-state index contributed by atoms with van der Waals surface area (Å²) in [6, 6.07) is 11.7. The van der Waals surface area contributed by atoms with Crippen LogP contribution in [-0.2, 0) is 25.8 Å². The van der Waals surface area contributed by atoms with Crippen LogP contribution in [-0.4, -0.2) is 21.0 Å². The van der Waals surface area contributed by atoms with Gasteiger partial charge in [0.1, 0.15) is 0 Å². The lowest BCUT2D eigenvalue weighted by Crippen LogP contribution is -2.29. The van der Waals surface area contributed by atoms with Crippen molar-refractivity contribution in [1.29, 1.82) is 0 Å². The second kappa shape index (κ2) is 6.22. The Labute approximate surface area is 124 Å². The summed E-state index contributed by atoms with van der Waals surface area (Å²) in [5.41, 5.74) is 3.19. The maximum Gasteiger partial charge on any atom is 0.267 e. The van der Waals surface area contributed by atoms with Crippen LogP contribution in [0.5, 0.6) is 0 Å². The zero-order chi connectivity index (χ0) is 14.7. The van der Waals surface area contributed by atoms with Crippen LogP contribution in [0.15, 0.2) is 41.2 Å². The fraction of sp³-hybridized carbons (Fsp3) is 0.412. The molecular formula is C17H20N2O2. The average molecular weight is 284 g/mol. The first kappa shape index (κ1) is 14.0. The summed E-state index contributed by atoms with van der Waals surface area (Å²) < 4.78 is 1.42. The molecule has 0 saturated heterocycles. The zero-order valence-electron chi connectivity index (χ0n) is 12.0. The molecule has 110 valence electrons. The summed E-state index contributed by atoms with van der Waals surface area (Å²) in [6.45, 7) is 0.277. The molecule has 3 rings (SSSR count). The van der Waals surface area contributed by atoms with E-state index in [1.54, 1.807) is 6.07 Å². The van der Waals surface area contributed by atoms with Gasteiger partial charge in [-0.3, -0.25) is 4.79 Å². The third-order valence-corrected chi connectivity index (χ3v) is 4.02. The number of hydrogen-bond acceptors (Lipinski definition) is 3. The number of hydrogen-bond donors (Lipinski definition) is 1. The highest BCUT2D eigenvalue weighted by molar-refractivity contribution is 5.22. The molecule has 0 amide bonds. The lowest BCUT2D eigenvalue weighted by molar-refractivity contribution is 0.138. The predicted octanol–water partition coefficient (Wildman–Crippen LogP) is 1.73. The van der Waals surface area contributed by atoms with Crippen LogP contribution in [0.2, 0.25) is 0 Å². The Kier molecular flexibility index (Phi) is 4.15. The quantitative estimate of drug-likeness (QED) is 0.909. The van der Waals surface area contributed by atoms with E-state index in [0.29, 0.717) is 6.42 Å². The van der Waals surface area contributed by atoms with E-state index in [4.69, 9.17) is 0 Å². The minimum absolute atomic E-state index is 0.102. The van der Waals surface area contributed by atoms with Gasteiger partial charge in [-0.05, 0) is 43.2 Å². The van der Waals surface area contributed by atoms with Gasteiger partial charge in [-0.1, -0.05) is 30.3 Å². The molecule has 0 aliphatic heterocycles. The molecule has 2 aromatic rings. The van der Waals surface area contributed by atoms with E-state index < -0.39 is 6.10 Å². The van der Waals surface area contributed by atoms with Gasteiger partial charge in [0, 0.05) is 6.07 Å². The molecule has 0 saturated carbocycles. The Balaban J connectivity index is 1.62. The number of aryl methyl sites for hydroxylation is 3. The summed E-state index contributed by atoms with van der Waals surface area (Å²) >= 11 is 0. The predicted molar refractivity (Wildman–Crippen MR) is 81.3 cm³/mol. The van der Waals surface area contributed by atoms with Crippen molar-refractivity contribution in [3.8, 4) is 0 Å². The number of aliphatic hydroxyl groups is 1. The molecule has 4 heteroatoms. The van der Waals surface area contributed by atoms with Crippen molar-refractivity contribution >= 4 is 0 Å². The molecule has 4 nitrogen and oxygen atoms in total. The van der Waals surface area contributed by atoms with E-state index >= 15 is 0 Å². The Hall–Kier alpha value is -1.94. The molecule has 1 heterocycles. The van der Waals surface area contributed by atoms with Gasteiger partial charge in [-0.2, -0.15) is 5.10 Å². The van der Waals surface area contributed by atoms with Gasteiger partial charge in [0.15, 0.2) is 0 Å². The highest BCUT2D eigenvalue weighted by Gasteiger charge is 2.16. The normalized spacial score (nSPS) is 14.9. The molecular weight excluding hydrogens is 264 g/mol. The maximum atomic E-state index is 12.0. The molecule has 1 aromatic heterocycles. The summed E-state index contributed by atoms with van der Waals surface area (Å²) in [4.78, 5) is 12.0. The molecule has 21 heavy (non-hydrogen) atoms. The molecule has 1 atom stereocenters. The second-order valence-electron chi connectivity index (χ2n) is 5.67. The van der Waals surface area contributed by atoms with Crippen molar-refractivity contribution in [2.45, 2.75) is 44.8 Å². The number of benzene rings is 1. The second-order valence-corrected chi connectivity index (χ2v) is 5.67. The highest BCUT2D eigenvalue weighted by Crippen LogP contribution is 2.17. The fourth-order valence-electron chi connectivity index (χ4n) is 2.84. The van der Waals surface area contributed by atoms with Crippen molar-refractivity contribution in [2.24, 2.45) is 0 Å². The van der Waals surface area contributed by atoms with Gasteiger partial charge in [0.25, 0.3) is 5.56 Å². The summed E-state index contributed by atoms with van der Waals surface area (Å²) in [7, 11) is 0. The molecule has 0 radical (unpaired) electrons. The lowest BCUT2D eigenvalue weighted by Gasteiger charge is -2.12. The molecule has 1 N–H and O–H groups in total. The Bertz CT molecular complexity index is 664. The van der Waals surface area contributed by atoms with Crippen LogP contribution in [0.1, 0.15) is 29.7 Å². The zero-order valence-corrected chi connectivity index (χ0v) is 12.0. The molecule has 1 aliphatic rings. The number of nitrogens with zero attached hydrogens (tertiary/aromatic N) is 2. The molecule has 1 aliphatic carbocycles. The standard InChI is InChI=1S/C17H20N2O2/c20-15(10-9-13-5-2-1-3-6-13)12-19-17(21)11-14-7-4-8-16(14)18-19/h1-3,5-6,11,15,20H,4,7-10,12H2/t15-/m0/s1. The topological polar surface area (TPSA) is 55.1 Å². The van der Waals surface area contributed by atoms with Crippen LogP contribution < -0.4 is 5.56 Å². The highest BCUT2D eigenvalue weighted by atomic mass is 16.3. The molecule has 0 unspecified atom stereocenters. The van der Waals surface area contributed by atoms with Crippen molar-refractivity contribution in [3.05, 3.63) is 63.6 Å². The summed E-state index contributed by atoms with van der Waals surface area (Å²) in [5.74, 6) is 0. The first-order chi connectivity index (χ1) is 10.2. The first-order valence-corrected chi connectivity index (χ1v) is 7.54. The monoisotopic (exact) mass is 284 g/mol. The van der Waals surface area contributed by atoms with E-state index in [1.807, 2.05) is 30.3 Å². The summed E-state index contributed by atoms with van der Waals surface area (Å²) in [6.07, 6.45) is 3.86. The van der Waals surface area contributed by atoms with E-state index in [1.165, 1.54) is 10.2 Å². The maximum absolute atomic E-state index is 12.0. The van der Waals surface area contributed by atoms with Gasteiger partial charge < -0.3 is 5.11 Å². The van der Waals surface area contributed by atoms with Crippen LogP contribution in [0.25, 0.3) is 0 Å². The first-order valence-electron chi connectivity index (χ1n) is 7.54. The molecule has 0 bridgehead atoms. The van der Waals surface area contributed by atoms with Crippen LogP contribution in [0.4, 0.5) is 0 Å². The lowest BCUT2D eigenvalue weighted by atomic mass is 10.1. The molecule has 0 spiro atoms. The van der Waals surface area contributed by atoms with E-state index in [0.717, 1.165) is 36.9 Å². The van der Waals surface area contributed by atoms with Crippen LogP contribution in [0.3, 0.4) is 0 Å². The SMILES string of the molecule is O=c1cc2c(nn1C[C@@H](O)CCc1ccccc1)CCC2.